The topological polar surface area (TPSA) is 26.0 Å². The van der Waals surface area contributed by atoms with Crippen molar-refractivity contribution < 1.29 is 0 Å². The van der Waals surface area contributed by atoms with E-state index in [1.165, 1.54) is 44.9 Å². The first kappa shape index (κ1) is 12.0. The van der Waals surface area contributed by atoms with E-state index >= 15 is 0 Å². The molecule has 14 heavy (non-hydrogen) atoms. The molecular weight excluding hydrogens is 170 g/mol. The van der Waals surface area contributed by atoms with Crippen LogP contribution in [-0.2, 0) is 0 Å². The van der Waals surface area contributed by atoms with Gasteiger partial charge in [-0.25, -0.2) is 0 Å². The van der Waals surface area contributed by atoms with Crippen LogP contribution in [-0.4, -0.2) is 5.54 Å². The van der Waals surface area contributed by atoms with Crippen LogP contribution < -0.4 is 5.73 Å². The molecule has 84 valence electrons. The van der Waals surface area contributed by atoms with Gasteiger partial charge < -0.3 is 5.73 Å². The fourth-order valence-corrected chi connectivity index (χ4v) is 2.97. The molecule has 0 unspecified atom stereocenters. The van der Waals surface area contributed by atoms with Crippen molar-refractivity contribution in [3.8, 4) is 0 Å². The third-order valence-electron chi connectivity index (χ3n) is 3.61. The Hall–Kier alpha value is -0.0400. The zero-order valence-corrected chi connectivity index (χ0v) is 10.2. The van der Waals surface area contributed by atoms with Gasteiger partial charge in [-0.1, -0.05) is 33.6 Å². The second-order valence-electron chi connectivity index (χ2n) is 5.69. The highest BCUT2D eigenvalue weighted by Gasteiger charge is 2.31. The molecule has 0 spiro atoms. The molecule has 2 N–H and O–H groups in total. The molecule has 0 aromatic heterocycles. The van der Waals surface area contributed by atoms with Gasteiger partial charge in [0, 0.05) is 5.54 Å². The summed E-state index contributed by atoms with van der Waals surface area (Å²) in [5.41, 5.74) is 6.60. The molecule has 0 aliphatic heterocycles. The molecule has 0 radical (unpaired) electrons. The predicted molar refractivity (Wildman–Crippen MR) is 63.2 cm³/mol. The summed E-state index contributed by atoms with van der Waals surface area (Å²) in [6.07, 6.45) is 9.23. The van der Waals surface area contributed by atoms with Gasteiger partial charge in [-0.3, -0.25) is 0 Å². The molecule has 1 rings (SSSR count). The Morgan fingerprint density at radius 1 is 1.29 bits per heavy atom. The van der Waals surface area contributed by atoms with Gasteiger partial charge in [-0.15, -0.1) is 0 Å². The van der Waals surface area contributed by atoms with Crippen LogP contribution in [0.4, 0.5) is 0 Å². The van der Waals surface area contributed by atoms with Gasteiger partial charge >= 0.3 is 0 Å². The molecular formula is C13H27N. The highest BCUT2D eigenvalue weighted by Crippen LogP contribution is 2.36. The standard InChI is InChI=1S/C13H27N/c1-4-5-12-6-8-13(14,9-7-12)10-11(2)3/h11-12H,4-10,14H2,1-3H3. The van der Waals surface area contributed by atoms with Crippen molar-refractivity contribution in [1.82, 2.24) is 0 Å². The molecule has 0 amide bonds. The summed E-state index contributed by atoms with van der Waals surface area (Å²) < 4.78 is 0. The van der Waals surface area contributed by atoms with Crippen molar-refractivity contribution >= 4 is 0 Å². The van der Waals surface area contributed by atoms with Crippen LogP contribution in [0.3, 0.4) is 0 Å². The van der Waals surface area contributed by atoms with E-state index in [1.807, 2.05) is 0 Å². The summed E-state index contributed by atoms with van der Waals surface area (Å²) in [7, 11) is 0. The first-order valence-corrected chi connectivity index (χ1v) is 6.34. The van der Waals surface area contributed by atoms with Crippen LogP contribution >= 0.6 is 0 Å². The zero-order valence-electron chi connectivity index (χ0n) is 10.2. The molecule has 1 nitrogen and oxygen atoms in total. The normalized spacial score (nSPS) is 33.6. The molecule has 0 saturated heterocycles. The Bertz CT molecular complexity index is 155. The van der Waals surface area contributed by atoms with Crippen molar-refractivity contribution in [2.75, 3.05) is 0 Å². The van der Waals surface area contributed by atoms with Gasteiger partial charge in [0.1, 0.15) is 0 Å². The van der Waals surface area contributed by atoms with E-state index in [1.54, 1.807) is 0 Å². The Balaban J connectivity index is 2.33. The molecule has 0 bridgehead atoms. The van der Waals surface area contributed by atoms with Crippen molar-refractivity contribution in [3.05, 3.63) is 0 Å². The highest BCUT2D eigenvalue weighted by molar-refractivity contribution is 4.90. The summed E-state index contributed by atoms with van der Waals surface area (Å²) in [6.45, 7) is 6.86. The Morgan fingerprint density at radius 2 is 1.86 bits per heavy atom. The smallest absolute Gasteiger partial charge is 0.0157 e. The number of rotatable bonds is 4. The fraction of sp³-hybridized carbons (Fsp3) is 1.00. The second kappa shape index (κ2) is 5.16. The zero-order chi connectivity index (χ0) is 10.6. The van der Waals surface area contributed by atoms with Crippen LogP contribution in [0.1, 0.15) is 65.7 Å². The largest absolute Gasteiger partial charge is 0.325 e. The average molecular weight is 197 g/mol. The van der Waals surface area contributed by atoms with E-state index in [4.69, 9.17) is 5.73 Å². The third kappa shape index (κ3) is 3.61. The Morgan fingerprint density at radius 3 is 2.29 bits per heavy atom. The maximum atomic E-state index is 6.42. The minimum atomic E-state index is 0.179. The molecule has 0 aromatic rings. The SMILES string of the molecule is CCCC1CCC(N)(CC(C)C)CC1. The maximum Gasteiger partial charge on any atom is 0.0157 e. The van der Waals surface area contributed by atoms with E-state index in [-0.39, 0.29) is 5.54 Å². The minimum absolute atomic E-state index is 0.179. The lowest BCUT2D eigenvalue weighted by atomic mass is 9.72. The van der Waals surface area contributed by atoms with Gasteiger partial charge in [0.25, 0.3) is 0 Å². The van der Waals surface area contributed by atoms with Crippen molar-refractivity contribution in [2.24, 2.45) is 17.6 Å². The lowest BCUT2D eigenvalue weighted by molar-refractivity contribution is 0.197. The molecule has 0 heterocycles. The predicted octanol–water partition coefficient (Wildman–Crippen LogP) is 3.72. The van der Waals surface area contributed by atoms with Crippen LogP contribution in [0, 0.1) is 11.8 Å². The van der Waals surface area contributed by atoms with Crippen molar-refractivity contribution in [3.63, 3.8) is 0 Å². The molecule has 1 aliphatic rings. The fourth-order valence-electron chi connectivity index (χ4n) is 2.97. The van der Waals surface area contributed by atoms with Crippen molar-refractivity contribution in [2.45, 2.75) is 71.3 Å². The summed E-state index contributed by atoms with van der Waals surface area (Å²) in [6, 6.07) is 0. The van der Waals surface area contributed by atoms with Crippen LogP contribution in [0.5, 0.6) is 0 Å². The lowest BCUT2D eigenvalue weighted by Crippen LogP contribution is -2.44. The average Bonchev–Trinajstić information content (AvgIpc) is 2.08. The first-order chi connectivity index (χ1) is 6.56. The number of hydrogen-bond donors (Lipinski definition) is 1. The Labute approximate surface area is 89.5 Å². The van der Waals surface area contributed by atoms with Gasteiger partial charge in [-0.2, -0.15) is 0 Å². The quantitative estimate of drug-likeness (QED) is 0.730. The van der Waals surface area contributed by atoms with Crippen LogP contribution in [0.15, 0.2) is 0 Å². The van der Waals surface area contributed by atoms with E-state index in [0.29, 0.717) is 0 Å². The maximum absolute atomic E-state index is 6.42. The Kier molecular flexibility index (Phi) is 4.43. The molecule has 1 heteroatoms. The van der Waals surface area contributed by atoms with Gasteiger partial charge in [0.15, 0.2) is 0 Å². The van der Waals surface area contributed by atoms with Crippen LogP contribution in [0.25, 0.3) is 0 Å². The molecule has 0 atom stereocenters. The van der Waals surface area contributed by atoms with E-state index in [0.717, 1.165) is 11.8 Å². The highest BCUT2D eigenvalue weighted by atomic mass is 14.7. The summed E-state index contributed by atoms with van der Waals surface area (Å²) in [4.78, 5) is 0. The summed E-state index contributed by atoms with van der Waals surface area (Å²) in [5.74, 6) is 1.73. The van der Waals surface area contributed by atoms with Gasteiger partial charge in [-0.05, 0) is 43.9 Å². The second-order valence-corrected chi connectivity index (χ2v) is 5.69. The van der Waals surface area contributed by atoms with E-state index < -0.39 is 0 Å². The van der Waals surface area contributed by atoms with E-state index in [9.17, 15) is 0 Å². The van der Waals surface area contributed by atoms with E-state index in [2.05, 4.69) is 20.8 Å². The van der Waals surface area contributed by atoms with Crippen LogP contribution in [0.2, 0.25) is 0 Å². The number of hydrogen-bond acceptors (Lipinski definition) is 1. The van der Waals surface area contributed by atoms with Gasteiger partial charge in [0.05, 0.1) is 0 Å². The first-order valence-electron chi connectivity index (χ1n) is 6.34. The molecule has 1 aliphatic carbocycles. The molecule has 0 aromatic carbocycles. The third-order valence-corrected chi connectivity index (χ3v) is 3.61. The number of nitrogens with two attached hydrogens (primary N) is 1. The molecule has 1 saturated carbocycles. The molecule has 1 fully saturated rings. The summed E-state index contributed by atoms with van der Waals surface area (Å²) in [5, 5.41) is 0. The lowest BCUT2D eigenvalue weighted by Gasteiger charge is -2.38. The van der Waals surface area contributed by atoms with Crippen molar-refractivity contribution in [1.29, 1.82) is 0 Å². The summed E-state index contributed by atoms with van der Waals surface area (Å²) >= 11 is 0. The van der Waals surface area contributed by atoms with Gasteiger partial charge in [0.2, 0.25) is 0 Å². The minimum Gasteiger partial charge on any atom is -0.325 e. The monoisotopic (exact) mass is 197 g/mol.